The second-order valence-electron chi connectivity index (χ2n) is 13.0. The van der Waals surface area contributed by atoms with E-state index >= 15 is 0 Å². The molecule has 3 amide bonds. The highest BCUT2D eigenvalue weighted by Crippen LogP contribution is 2.50. The number of carbonyl (C=O) groups excluding carboxylic acids is 3. The van der Waals surface area contributed by atoms with Crippen LogP contribution in [-0.4, -0.2) is 52.5 Å². The van der Waals surface area contributed by atoms with Gasteiger partial charge in [0.2, 0.25) is 11.8 Å². The van der Waals surface area contributed by atoms with Crippen molar-refractivity contribution < 1.29 is 19.1 Å². The van der Waals surface area contributed by atoms with Crippen molar-refractivity contribution in [1.82, 2.24) is 20.5 Å². The first-order valence-electron chi connectivity index (χ1n) is 15.6. The van der Waals surface area contributed by atoms with E-state index in [2.05, 4.69) is 27.8 Å². The van der Waals surface area contributed by atoms with E-state index in [0.29, 0.717) is 19.5 Å². The van der Waals surface area contributed by atoms with Crippen LogP contribution >= 0.6 is 12.4 Å². The van der Waals surface area contributed by atoms with E-state index in [0.717, 1.165) is 46.9 Å². The summed E-state index contributed by atoms with van der Waals surface area (Å²) in [5.41, 5.74) is 10.0. The molecular weight excluding hydrogens is 602 g/mol. The Labute approximate surface area is 275 Å². The minimum absolute atomic E-state index is 0. The molecule has 242 valence electrons. The Bertz CT molecular complexity index is 1690. The lowest BCUT2D eigenvalue weighted by atomic mass is 9.73. The van der Waals surface area contributed by atoms with Crippen molar-refractivity contribution in [3.63, 3.8) is 0 Å². The van der Waals surface area contributed by atoms with Crippen LogP contribution in [0.2, 0.25) is 0 Å². The van der Waals surface area contributed by atoms with Crippen LogP contribution in [-0.2, 0) is 32.8 Å². The molecule has 3 aromatic carbocycles. The average molecular weight is 644 g/mol. The number of rotatable bonds is 8. The standard InChI is InChI=1S/C36H41N5O4.ClH/c1-35(2,37)33(43)39-30(20-25-22-38-29-15-9-7-12-26(25)29)32(42)41-18-16-36(17-19-41)21-31(27-13-6-8-14-28(27)36)40-34(44)45-23-24-10-4-3-5-11-24;/h3-15,22,30-31,38H,16-21,23,37H2,1-2H3,(H,39,43)(H,40,44);1H/t30-,31?;/m1./s1. The molecule has 1 aliphatic heterocycles. The molecular formula is C36H42ClN5O4. The molecule has 0 radical (unpaired) electrons. The molecule has 1 saturated heterocycles. The van der Waals surface area contributed by atoms with E-state index in [1.807, 2.05) is 77.8 Å². The molecule has 1 aromatic heterocycles. The number of hydrogen-bond acceptors (Lipinski definition) is 5. The summed E-state index contributed by atoms with van der Waals surface area (Å²) in [5.74, 6) is -0.481. The summed E-state index contributed by atoms with van der Waals surface area (Å²) < 4.78 is 5.53. The Morgan fingerprint density at radius 3 is 2.41 bits per heavy atom. The number of benzene rings is 3. The van der Waals surface area contributed by atoms with Crippen LogP contribution in [0.15, 0.2) is 85.1 Å². The summed E-state index contributed by atoms with van der Waals surface area (Å²) in [6, 6.07) is 24.9. The number of fused-ring (bicyclic) bond motifs is 3. The Balaban J connectivity index is 0.00000417. The first-order valence-corrected chi connectivity index (χ1v) is 15.6. The molecule has 46 heavy (non-hydrogen) atoms. The fraction of sp³-hybridized carbons (Fsp3) is 0.361. The first kappa shape index (κ1) is 33.0. The maximum Gasteiger partial charge on any atom is 0.407 e. The number of alkyl carbamates (subject to hydrolysis) is 1. The Morgan fingerprint density at radius 2 is 1.67 bits per heavy atom. The zero-order valence-electron chi connectivity index (χ0n) is 26.3. The van der Waals surface area contributed by atoms with Gasteiger partial charge in [0.25, 0.3) is 0 Å². The molecule has 1 aliphatic carbocycles. The van der Waals surface area contributed by atoms with Crippen LogP contribution in [0.3, 0.4) is 0 Å². The van der Waals surface area contributed by atoms with E-state index in [1.54, 1.807) is 13.8 Å². The molecule has 1 unspecified atom stereocenters. The third-order valence-corrected chi connectivity index (χ3v) is 9.33. The van der Waals surface area contributed by atoms with Crippen molar-refractivity contribution in [3.8, 4) is 0 Å². The van der Waals surface area contributed by atoms with Crippen LogP contribution in [0.1, 0.15) is 61.4 Å². The summed E-state index contributed by atoms with van der Waals surface area (Å²) in [6.07, 6.45) is 4.06. The third-order valence-electron chi connectivity index (χ3n) is 9.33. The number of para-hydroxylation sites is 1. The topological polar surface area (TPSA) is 130 Å². The molecule has 9 nitrogen and oxygen atoms in total. The predicted octanol–water partition coefficient (Wildman–Crippen LogP) is 5.29. The Hall–Kier alpha value is -4.34. The quantitative estimate of drug-likeness (QED) is 0.207. The number of nitrogens with one attached hydrogen (secondary N) is 3. The van der Waals surface area contributed by atoms with Crippen LogP contribution < -0.4 is 16.4 Å². The van der Waals surface area contributed by atoms with Crippen LogP contribution in [0.25, 0.3) is 10.9 Å². The number of nitrogens with two attached hydrogens (primary N) is 1. The van der Waals surface area contributed by atoms with Gasteiger partial charge in [-0.1, -0.05) is 72.8 Å². The lowest BCUT2D eigenvalue weighted by Gasteiger charge is -2.41. The van der Waals surface area contributed by atoms with Gasteiger partial charge in [-0.25, -0.2) is 4.79 Å². The van der Waals surface area contributed by atoms with Gasteiger partial charge >= 0.3 is 6.09 Å². The van der Waals surface area contributed by atoms with E-state index in [-0.39, 0.29) is 42.3 Å². The third kappa shape index (κ3) is 6.90. The van der Waals surface area contributed by atoms with Gasteiger partial charge in [-0.15, -0.1) is 12.4 Å². The van der Waals surface area contributed by atoms with E-state index in [9.17, 15) is 14.4 Å². The van der Waals surface area contributed by atoms with E-state index < -0.39 is 17.7 Å². The normalized spacial score (nSPS) is 17.5. The molecule has 10 heteroatoms. The van der Waals surface area contributed by atoms with Crippen LogP contribution in [0.4, 0.5) is 4.79 Å². The number of carbonyl (C=O) groups is 3. The molecule has 1 fully saturated rings. The Kier molecular flexibility index (Phi) is 9.74. The second kappa shape index (κ2) is 13.6. The fourth-order valence-corrected chi connectivity index (χ4v) is 6.84. The van der Waals surface area contributed by atoms with Gasteiger partial charge in [-0.05, 0) is 61.4 Å². The average Bonchev–Trinajstić information content (AvgIpc) is 3.58. The molecule has 1 spiro atoms. The lowest BCUT2D eigenvalue weighted by molar-refractivity contribution is -0.138. The van der Waals surface area contributed by atoms with Crippen LogP contribution in [0.5, 0.6) is 0 Å². The van der Waals surface area contributed by atoms with Crippen molar-refractivity contribution >= 4 is 41.2 Å². The highest BCUT2D eigenvalue weighted by atomic mass is 35.5. The zero-order chi connectivity index (χ0) is 31.6. The summed E-state index contributed by atoms with van der Waals surface area (Å²) in [7, 11) is 0. The van der Waals surface area contributed by atoms with Gasteiger partial charge in [-0.2, -0.15) is 0 Å². The van der Waals surface area contributed by atoms with Crippen molar-refractivity contribution in [2.75, 3.05) is 13.1 Å². The molecule has 4 aromatic rings. The number of aromatic nitrogens is 1. The number of piperidine rings is 1. The molecule has 2 aliphatic rings. The van der Waals surface area contributed by atoms with E-state index in [4.69, 9.17) is 10.5 Å². The molecule has 2 heterocycles. The summed E-state index contributed by atoms with van der Waals surface area (Å²) in [5, 5.41) is 7.08. The maximum absolute atomic E-state index is 14.1. The molecule has 6 rings (SSSR count). The maximum atomic E-state index is 14.1. The van der Waals surface area contributed by atoms with E-state index in [1.165, 1.54) is 5.56 Å². The highest BCUT2D eigenvalue weighted by Gasteiger charge is 2.47. The molecule has 2 atom stereocenters. The number of H-pyrrole nitrogens is 1. The minimum atomic E-state index is -1.12. The van der Waals surface area contributed by atoms with Crippen molar-refractivity contribution in [2.45, 2.75) is 69.2 Å². The smallest absolute Gasteiger partial charge is 0.407 e. The van der Waals surface area contributed by atoms with Gasteiger partial charge in [0.15, 0.2) is 0 Å². The lowest BCUT2D eigenvalue weighted by Crippen LogP contribution is -2.58. The van der Waals surface area contributed by atoms with Crippen LogP contribution in [0, 0.1) is 0 Å². The number of aromatic amines is 1. The first-order chi connectivity index (χ1) is 21.6. The number of halogens is 1. The summed E-state index contributed by atoms with van der Waals surface area (Å²) >= 11 is 0. The highest BCUT2D eigenvalue weighted by molar-refractivity contribution is 5.92. The Morgan fingerprint density at radius 1 is 1.00 bits per heavy atom. The van der Waals surface area contributed by atoms with Crippen molar-refractivity contribution in [2.24, 2.45) is 5.73 Å². The van der Waals surface area contributed by atoms with Gasteiger partial charge < -0.3 is 31.0 Å². The number of likely N-dealkylation sites (tertiary alicyclic amines) is 1. The summed E-state index contributed by atoms with van der Waals surface area (Å²) in [6.45, 7) is 4.58. The molecule has 0 saturated carbocycles. The number of amides is 3. The second-order valence-corrected chi connectivity index (χ2v) is 13.0. The monoisotopic (exact) mass is 643 g/mol. The van der Waals surface area contributed by atoms with Gasteiger partial charge in [0.05, 0.1) is 11.6 Å². The van der Waals surface area contributed by atoms with Gasteiger partial charge in [0, 0.05) is 42.0 Å². The largest absolute Gasteiger partial charge is 0.445 e. The van der Waals surface area contributed by atoms with Crippen molar-refractivity contribution in [1.29, 1.82) is 0 Å². The predicted molar refractivity (Wildman–Crippen MR) is 181 cm³/mol. The minimum Gasteiger partial charge on any atom is -0.445 e. The van der Waals surface area contributed by atoms with Gasteiger partial charge in [-0.3, -0.25) is 9.59 Å². The molecule has 0 bridgehead atoms. The SMILES string of the molecule is CC(C)(N)C(=O)N[C@H](Cc1c[nH]c2ccccc12)C(=O)N1CCC2(CC1)CC(NC(=O)OCc1ccccc1)c1ccccc12.Cl. The molecule has 5 N–H and O–H groups in total. The summed E-state index contributed by atoms with van der Waals surface area (Å²) in [4.78, 5) is 45.0. The zero-order valence-corrected chi connectivity index (χ0v) is 27.1. The number of hydrogen-bond donors (Lipinski definition) is 4. The van der Waals surface area contributed by atoms with Gasteiger partial charge in [0.1, 0.15) is 12.6 Å². The fourth-order valence-electron chi connectivity index (χ4n) is 6.84. The number of nitrogens with zero attached hydrogens (tertiary/aromatic N) is 1. The van der Waals surface area contributed by atoms with Crippen molar-refractivity contribution in [3.05, 3.63) is 107 Å². The number of ether oxygens (including phenoxy) is 1.